The predicted octanol–water partition coefficient (Wildman–Crippen LogP) is 2.59. The van der Waals surface area contributed by atoms with Crippen LogP contribution >= 0.6 is 0 Å². The molecule has 2 N–H and O–H groups in total. The van der Waals surface area contributed by atoms with Crippen LogP contribution in [0.1, 0.15) is 26.7 Å². The third-order valence-electron chi connectivity index (χ3n) is 2.31. The number of allylic oxidation sites excluding steroid dienone is 3. The quantitative estimate of drug-likeness (QED) is 0.682. The summed E-state index contributed by atoms with van der Waals surface area (Å²) >= 11 is 0. The summed E-state index contributed by atoms with van der Waals surface area (Å²) in [6.07, 6.45) is 10.2. The second-order valence-corrected chi connectivity index (χ2v) is 3.26. The molecule has 0 aromatic heterocycles. The Hall–Kier alpha value is -1.15. The summed E-state index contributed by atoms with van der Waals surface area (Å²) in [4.78, 5) is 4.38. The molecular formula is C12H18N2. The molecule has 0 bridgehead atoms. The van der Waals surface area contributed by atoms with Gasteiger partial charge in [-0.2, -0.15) is 0 Å². The van der Waals surface area contributed by atoms with E-state index in [1.54, 1.807) is 0 Å². The highest BCUT2D eigenvalue weighted by molar-refractivity contribution is 5.57. The van der Waals surface area contributed by atoms with Gasteiger partial charge in [0, 0.05) is 12.8 Å². The molecule has 76 valence electrons. The van der Waals surface area contributed by atoms with Gasteiger partial charge in [0.2, 0.25) is 0 Å². The minimum Gasteiger partial charge on any atom is -0.326 e. The fraction of sp³-hybridized carbons (Fsp3) is 0.417. The first-order chi connectivity index (χ1) is 6.81. The first-order valence-corrected chi connectivity index (χ1v) is 5.09. The van der Waals surface area contributed by atoms with Gasteiger partial charge in [-0.15, -0.1) is 0 Å². The highest BCUT2D eigenvalue weighted by Crippen LogP contribution is 2.21. The van der Waals surface area contributed by atoms with Crippen LogP contribution in [0, 0.1) is 0 Å². The normalized spacial score (nSPS) is 17.5. The lowest BCUT2D eigenvalue weighted by molar-refractivity contribution is 1.00. The molecule has 0 atom stereocenters. The van der Waals surface area contributed by atoms with E-state index in [-0.39, 0.29) is 0 Å². The molecule has 0 amide bonds. The zero-order chi connectivity index (χ0) is 10.4. The Bertz CT molecular complexity index is 306. The van der Waals surface area contributed by atoms with E-state index in [1.807, 2.05) is 13.1 Å². The standard InChI is InChI=1S/C12H18N2/c1-3-11-7-5-6-10(9-13)8-12(11)14-4-2/h4-6,8H,3,7,9,13H2,1-2H3. The molecule has 0 heterocycles. The van der Waals surface area contributed by atoms with Crippen LogP contribution < -0.4 is 5.73 Å². The first kappa shape index (κ1) is 10.9. The Morgan fingerprint density at radius 1 is 1.57 bits per heavy atom. The fourth-order valence-electron chi connectivity index (χ4n) is 1.50. The lowest BCUT2D eigenvalue weighted by atomic mass is 10.1. The van der Waals surface area contributed by atoms with Crippen molar-refractivity contribution in [1.29, 1.82) is 0 Å². The molecule has 1 aliphatic carbocycles. The molecule has 1 aliphatic rings. The van der Waals surface area contributed by atoms with Crippen molar-refractivity contribution in [3.63, 3.8) is 0 Å². The molecule has 0 unspecified atom stereocenters. The van der Waals surface area contributed by atoms with Crippen LogP contribution in [0.25, 0.3) is 0 Å². The lowest BCUT2D eigenvalue weighted by Gasteiger charge is -2.03. The van der Waals surface area contributed by atoms with E-state index in [9.17, 15) is 0 Å². The van der Waals surface area contributed by atoms with Crippen LogP contribution in [0.3, 0.4) is 0 Å². The number of hydrogen-bond acceptors (Lipinski definition) is 2. The van der Waals surface area contributed by atoms with Crippen LogP contribution in [0.2, 0.25) is 0 Å². The molecule has 0 saturated carbocycles. The molecule has 0 spiro atoms. The summed E-state index contributed by atoms with van der Waals surface area (Å²) in [7, 11) is 0. The minimum atomic E-state index is 0.580. The minimum absolute atomic E-state index is 0.580. The molecule has 1 rings (SSSR count). The van der Waals surface area contributed by atoms with Crippen molar-refractivity contribution in [2.75, 3.05) is 6.54 Å². The fourth-order valence-corrected chi connectivity index (χ4v) is 1.50. The van der Waals surface area contributed by atoms with E-state index in [1.165, 1.54) is 5.57 Å². The number of rotatable bonds is 3. The lowest BCUT2D eigenvalue weighted by Crippen LogP contribution is -2.00. The van der Waals surface area contributed by atoms with Gasteiger partial charge in [-0.1, -0.05) is 19.1 Å². The molecule has 0 saturated heterocycles. The highest BCUT2D eigenvalue weighted by atomic mass is 14.7. The molecule has 2 heteroatoms. The predicted molar refractivity (Wildman–Crippen MR) is 62.4 cm³/mol. The SMILES string of the molecule is CC=NC1=C(CC)CC=CC(CN)=C1. The molecule has 2 nitrogen and oxygen atoms in total. The largest absolute Gasteiger partial charge is 0.326 e. The zero-order valence-electron chi connectivity index (χ0n) is 8.96. The summed E-state index contributed by atoms with van der Waals surface area (Å²) in [5.41, 5.74) is 9.23. The van der Waals surface area contributed by atoms with Crippen molar-refractivity contribution in [2.24, 2.45) is 10.7 Å². The van der Waals surface area contributed by atoms with Crippen molar-refractivity contribution >= 4 is 6.21 Å². The summed E-state index contributed by atoms with van der Waals surface area (Å²) in [5, 5.41) is 0. The van der Waals surface area contributed by atoms with Crippen molar-refractivity contribution in [3.05, 3.63) is 35.1 Å². The number of hydrogen-bond donors (Lipinski definition) is 1. The molecule has 0 aliphatic heterocycles. The Balaban J connectivity index is 3.05. The number of nitrogens with two attached hydrogens (primary N) is 1. The zero-order valence-corrected chi connectivity index (χ0v) is 8.96. The average Bonchev–Trinajstić information content (AvgIpc) is 2.40. The van der Waals surface area contributed by atoms with Gasteiger partial charge in [0.15, 0.2) is 0 Å². The summed E-state index contributed by atoms with van der Waals surface area (Å²) in [5.74, 6) is 0. The van der Waals surface area contributed by atoms with Crippen LogP contribution in [0.5, 0.6) is 0 Å². The highest BCUT2D eigenvalue weighted by Gasteiger charge is 2.04. The molecule has 0 aromatic rings. The van der Waals surface area contributed by atoms with E-state index in [0.29, 0.717) is 6.54 Å². The van der Waals surface area contributed by atoms with Crippen molar-refractivity contribution < 1.29 is 0 Å². The van der Waals surface area contributed by atoms with Crippen LogP contribution in [0.15, 0.2) is 40.1 Å². The Kier molecular flexibility index (Phi) is 4.33. The summed E-state index contributed by atoms with van der Waals surface area (Å²) in [6, 6.07) is 0. The van der Waals surface area contributed by atoms with Crippen molar-refractivity contribution in [3.8, 4) is 0 Å². The van der Waals surface area contributed by atoms with Gasteiger partial charge in [-0.3, -0.25) is 4.99 Å². The van der Waals surface area contributed by atoms with E-state index < -0.39 is 0 Å². The maximum Gasteiger partial charge on any atom is 0.0623 e. The molecule has 0 radical (unpaired) electrons. The Morgan fingerprint density at radius 3 is 2.93 bits per heavy atom. The van der Waals surface area contributed by atoms with E-state index in [0.717, 1.165) is 24.1 Å². The van der Waals surface area contributed by atoms with Gasteiger partial charge in [-0.05, 0) is 37.0 Å². The van der Waals surface area contributed by atoms with E-state index in [2.05, 4.69) is 30.1 Å². The number of aliphatic imine (C=N–C) groups is 1. The maximum absolute atomic E-state index is 5.62. The second kappa shape index (κ2) is 5.55. The second-order valence-electron chi connectivity index (χ2n) is 3.26. The summed E-state index contributed by atoms with van der Waals surface area (Å²) in [6.45, 7) is 4.68. The molecular weight excluding hydrogens is 172 g/mol. The maximum atomic E-state index is 5.62. The third kappa shape index (κ3) is 2.67. The summed E-state index contributed by atoms with van der Waals surface area (Å²) < 4.78 is 0. The Labute approximate surface area is 85.9 Å². The van der Waals surface area contributed by atoms with Crippen LogP contribution in [-0.2, 0) is 0 Å². The van der Waals surface area contributed by atoms with Crippen LogP contribution in [0.4, 0.5) is 0 Å². The van der Waals surface area contributed by atoms with Crippen LogP contribution in [-0.4, -0.2) is 12.8 Å². The average molecular weight is 190 g/mol. The van der Waals surface area contributed by atoms with Gasteiger partial charge in [0.05, 0.1) is 5.70 Å². The van der Waals surface area contributed by atoms with Crippen molar-refractivity contribution in [1.82, 2.24) is 0 Å². The van der Waals surface area contributed by atoms with Crippen molar-refractivity contribution in [2.45, 2.75) is 26.7 Å². The van der Waals surface area contributed by atoms with Gasteiger partial charge >= 0.3 is 0 Å². The molecule has 0 aromatic carbocycles. The van der Waals surface area contributed by atoms with Gasteiger partial charge in [0.1, 0.15) is 0 Å². The smallest absolute Gasteiger partial charge is 0.0623 e. The van der Waals surface area contributed by atoms with E-state index >= 15 is 0 Å². The van der Waals surface area contributed by atoms with E-state index in [4.69, 9.17) is 5.73 Å². The monoisotopic (exact) mass is 190 g/mol. The van der Waals surface area contributed by atoms with Gasteiger partial charge in [-0.25, -0.2) is 0 Å². The first-order valence-electron chi connectivity index (χ1n) is 5.09. The number of nitrogens with zero attached hydrogens (tertiary/aromatic N) is 1. The molecule has 0 fully saturated rings. The Morgan fingerprint density at radius 2 is 2.36 bits per heavy atom. The molecule has 14 heavy (non-hydrogen) atoms. The third-order valence-corrected chi connectivity index (χ3v) is 2.31. The topological polar surface area (TPSA) is 38.4 Å². The van der Waals surface area contributed by atoms with Gasteiger partial charge < -0.3 is 5.73 Å². The van der Waals surface area contributed by atoms with Gasteiger partial charge in [0.25, 0.3) is 0 Å².